The van der Waals surface area contributed by atoms with Crippen molar-refractivity contribution in [1.29, 1.82) is 0 Å². The third kappa shape index (κ3) is 7.15. The van der Waals surface area contributed by atoms with Gasteiger partial charge in [-0.15, -0.1) is 0 Å². The molecule has 2 heterocycles. The fourth-order valence-electron chi connectivity index (χ4n) is 4.58. The number of benzene rings is 1. The summed E-state index contributed by atoms with van der Waals surface area (Å²) in [5.74, 6) is -0.806. The van der Waals surface area contributed by atoms with Crippen LogP contribution in [-0.2, 0) is 14.8 Å². The Bertz CT molecular complexity index is 889. The van der Waals surface area contributed by atoms with Crippen molar-refractivity contribution in [3.8, 4) is 0 Å². The van der Waals surface area contributed by atoms with Gasteiger partial charge in [-0.3, -0.25) is 9.69 Å². The van der Waals surface area contributed by atoms with E-state index in [0.29, 0.717) is 31.8 Å². The summed E-state index contributed by atoms with van der Waals surface area (Å²) in [7, 11) is -3.71. The van der Waals surface area contributed by atoms with Crippen LogP contribution in [0.2, 0.25) is 0 Å². The number of unbranched alkanes of at least 4 members (excludes halogenated alkanes) is 1. The molecule has 10 heteroatoms. The Labute approximate surface area is 196 Å². The Kier molecular flexibility index (Phi) is 9.10. The molecule has 184 valence electrons. The highest BCUT2D eigenvalue weighted by Crippen LogP contribution is 2.28. The molecule has 3 N–H and O–H groups in total. The number of carboxylic acids is 1. The highest BCUT2D eigenvalue weighted by atomic mass is 32.2. The molecule has 2 saturated heterocycles. The maximum Gasteiger partial charge on any atom is 0.324 e. The van der Waals surface area contributed by atoms with Crippen LogP contribution in [-0.4, -0.2) is 74.4 Å². The summed E-state index contributed by atoms with van der Waals surface area (Å²) in [6.45, 7) is 4.69. The van der Waals surface area contributed by atoms with E-state index in [1.54, 1.807) is 9.80 Å². The topological polar surface area (TPSA) is 119 Å². The minimum absolute atomic E-state index is 0.0297. The fourth-order valence-corrected chi connectivity index (χ4v) is 5.99. The quantitative estimate of drug-likeness (QED) is 0.422. The molecule has 2 unspecified atom stereocenters. The second kappa shape index (κ2) is 11.8. The van der Waals surface area contributed by atoms with Crippen molar-refractivity contribution in [2.75, 3.05) is 36.8 Å². The number of amides is 2. The standard InChI is InChI=1S/C23H36N4O5S/c1-2-3-15-33(31,32)25-21(22(28)29)16-20-17-27(19-7-5-4-6-8-19)23(30)26(20)14-11-18-9-12-24-13-10-18/h4-8,18,20-21,24-25H,2-3,9-17H2,1H3,(H,28,29). The van der Waals surface area contributed by atoms with E-state index in [4.69, 9.17) is 0 Å². The van der Waals surface area contributed by atoms with E-state index >= 15 is 0 Å². The number of aliphatic carboxylic acids is 1. The lowest BCUT2D eigenvalue weighted by Crippen LogP contribution is -2.47. The highest BCUT2D eigenvalue weighted by molar-refractivity contribution is 7.89. The molecule has 2 fully saturated rings. The van der Waals surface area contributed by atoms with E-state index in [1.165, 1.54) is 0 Å². The van der Waals surface area contributed by atoms with Gasteiger partial charge in [0, 0.05) is 18.8 Å². The summed E-state index contributed by atoms with van der Waals surface area (Å²) in [4.78, 5) is 28.7. The summed E-state index contributed by atoms with van der Waals surface area (Å²) in [6.07, 6.45) is 4.17. The number of carbonyl (C=O) groups excluding carboxylic acids is 1. The number of carboxylic acid groups (broad SMARTS) is 1. The molecular weight excluding hydrogens is 444 g/mol. The van der Waals surface area contributed by atoms with Crippen LogP contribution >= 0.6 is 0 Å². The SMILES string of the molecule is CCCCS(=O)(=O)NC(CC1CN(c2ccccc2)C(=O)N1CCC1CCNCC1)C(=O)O. The van der Waals surface area contributed by atoms with Crippen molar-refractivity contribution in [3.63, 3.8) is 0 Å². The minimum atomic E-state index is -3.71. The van der Waals surface area contributed by atoms with Crippen molar-refractivity contribution in [2.45, 2.75) is 57.5 Å². The number of hydrogen-bond donors (Lipinski definition) is 3. The molecule has 2 amide bonds. The van der Waals surface area contributed by atoms with E-state index in [2.05, 4.69) is 10.0 Å². The third-order valence-electron chi connectivity index (χ3n) is 6.51. The number of rotatable bonds is 12. The zero-order valence-electron chi connectivity index (χ0n) is 19.3. The molecule has 0 radical (unpaired) electrons. The Morgan fingerprint density at radius 1 is 1.24 bits per heavy atom. The number of hydrogen-bond acceptors (Lipinski definition) is 5. The van der Waals surface area contributed by atoms with Crippen molar-refractivity contribution < 1.29 is 23.1 Å². The number of urea groups is 1. The molecular formula is C23H36N4O5S. The van der Waals surface area contributed by atoms with Crippen LogP contribution in [0, 0.1) is 5.92 Å². The maximum absolute atomic E-state index is 13.3. The number of nitrogens with zero attached hydrogens (tertiary/aromatic N) is 2. The second-order valence-corrected chi connectivity index (χ2v) is 10.8. The first kappa shape index (κ1) is 25.5. The van der Waals surface area contributed by atoms with Gasteiger partial charge >= 0.3 is 12.0 Å². The van der Waals surface area contributed by atoms with Crippen LogP contribution in [0.3, 0.4) is 0 Å². The first-order chi connectivity index (χ1) is 15.8. The average Bonchev–Trinajstić information content (AvgIpc) is 3.12. The highest BCUT2D eigenvalue weighted by Gasteiger charge is 2.40. The van der Waals surface area contributed by atoms with Gasteiger partial charge in [0.05, 0.1) is 11.8 Å². The number of nitrogens with one attached hydrogen (secondary N) is 2. The van der Waals surface area contributed by atoms with Gasteiger partial charge in [-0.1, -0.05) is 31.5 Å². The van der Waals surface area contributed by atoms with E-state index < -0.39 is 28.1 Å². The summed E-state index contributed by atoms with van der Waals surface area (Å²) in [5, 5.41) is 13.1. The largest absolute Gasteiger partial charge is 0.480 e. The molecule has 0 saturated carbocycles. The van der Waals surface area contributed by atoms with Crippen LogP contribution in [0.15, 0.2) is 30.3 Å². The molecule has 1 aromatic rings. The number of sulfonamides is 1. The Morgan fingerprint density at radius 3 is 2.58 bits per heavy atom. The number of piperidine rings is 1. The first-order valence-electron chi connectivity index (χ1n) is 11.9. The summed E-state index contributed by atoms with van der Waals surface area (Å²) in [5.41, 5.74) is 0.757. The molecule has 33 heavy (non-hydrogen) atoms. The summed E-state index contributed by atoms with van der Waals surface area (Å²) in [6, 6.07) is 7.48. The predicted octanol–water partition coefficient (Wildman–Crippen LogP) is 2.25. The van der Waals surface area contributed by atoms with E-state index in [-0.39, 0.29) is 18.2 Å². The van der Waals surface area contributed by atoms with Crippen LogP contribution in [0.1, 0.15) is 45.4 Å². The van der Waals surface area contributed by atoms with Crippen molar-refractivity contribution >= 4 is 27.7 Å². The molecule has 0 spiro atoms. The van der Waals surface area contributed by atoms with Gasteiger partial charge < -0.3 is 15.3 Å². The Morgan fingerprint density at radius 2 is 1.94 bits per heavy atom. The van der Waals surface area contributed by atoms with Gasteiger partial charge in [0.25, 0.3) is 0 Å². The van der Waals surface area contributed by atoms with Gasteiger partial charge in [0.15, 0.2) is 0 Å². The molecule has 2 aliphatic rings. The molecule has 1 aromatic carbocycles. The van der Waals surface area contributed by atoms with Crippen molar-refractivity contribution in [2.24, 2.45) is 5.92 Å². The molecule has 9 nitrogen and oxygen atoms in total. The zero-order chi connectivity index (χ0) is 23.8. The smallest absolute Gasteiger partial charge is 0.324 e. The van der Waals surface area contributed by atoms with Gasteiger partial charge in [0.1, 0.15) is 6.04 Å². The van der Waals surface area contributed by atoms with Crippen LogP contribution in [0.4, 0.5) is 10.5 Å². The summed E-state index contributed by atoms with van der Waals surface area (Å²) < 4.78 is 27.1. The summed E-state index contributed by atoms with van der Waals surface area (Å²) >= 11 is 0. The maximum atomic E-state index is 13.3. The van der Waals surface area contributed by atoms with Crippen LogP contribution in [0.25, 0.3) is 0 Å². The lowest BCUT2D eigenvalue weighted by molar-refractivity contribution is -0.139. The normalized spacial score (nSPS) is 20.9. The Hall–Kier alpha value is -2.17. The van der Waals surface area contributed by atoms with Gasteiger partial charge in [-0.05, 0) is 63.2 Å². The van der Waals surface area contributed by atoms with Crippen molar-refractivity contribution in [1.82, 2.24) is 14.9 Å². The van der Waals surface area contributed by atoms with E-state index in [1.807, 2.05) is 37.3 Å². The minimum Gasteiger partial charge on any atom is -0.480 e. The third-order valence-corrected chi connectivity index (χ3v) is 7.98. The second-order valence-electron chi connectivity index (χ2n) is 8.97. The van der Waals surface area contributed by atoms with Crippen LogP contribution in [0.5, 0.6) is 0 Å². The molecule has 3 rings (SSSR count). The molecule has 0 aromatic heterocycles. The van der Waals surface area contributed by atoms with E-state index in [9.17, 15) is 23.1 Å². The number of para-hydroxylation sites is 1. The lowest BCUT2D eigenvalue weighted by atomic mass is 9.94. The molecule has 2 atom stereocenters. The number of carbonyl (C=O) groups is 2. The van der Waals surface area contributed by atoms with Gasteiger partial charge in [0.2, 0.25) is 10.0 Å². The van der Waals surface area contributed by atoms with Crippen molar-refractivity contribution in [3.05, 3.63) is 30.3 Å². The van der Waals surface area contributed by atoms with E-state index in [0.717, 1.165) is 38.0 Å². The molecule has 2 aliphatic heterocycles. The predicted molar refractivity (Wildman–Crippen MR) is 128 cm³/mol. The lowest BCUT2D eigenvalue weighted by Gasteiger charge is -2.29. The van der Waals surface area contributed by atoms with Gasteiger partial charge in [-0.25, -0.2) is 17.9 Å². The first-order valence-corrected chi connectivity index (χ1v) is 13.5. The Balaban J connectivity index is 1.75. The number of anilines is 1. The monoisotopic (exact) mass is 480 g/mol. The zero-order valence-corrected chi connectivity index (χ0v) is 20.1. The molecule has 0 aliphatic carbocycles. The average molecular weight is 481 g/mol. The van der Waals surface area contributed by atoms with Crippen LogP contribution < -0.4 is 14.9 Å². The fraction of sp³-hybridized carbons (Fsp3) is 0.652. The molecule has 0 bridgehead atoms. The van der Waals surface area contributed by atoms with Gasteiger partial charge in [-0.2, -0.15) is 0 Å².